The van der Waals surface area contributed by atoms with Gasteiger partial charge in [0, 0.05) is 20.6 Å². The van der Waals surface area contributed by atoms with Gasteiger partial charge in [-0.1, -0.05) is 15.9 Å². The van der Waals surface area contributed by atoms with E-state index in [0.29, 0.717) is 4.95 Å². The Morgan fingerprint density at radius 2 is 2.25 bits per heavy atom. The summed E-state index contributed by atoms with van der Waals surface area (Å²) in [5.41, 5.74) is 3.09. The van der Waals surface area contributed by atoms with Crippen molar-refractivity contribution in [1.82, 2.24) is 15.6 Å². The second kappa shape index (κ2) is 2.31. The van der Waals surface area contributed by atoms with Crippen LogP contribution in [0.15, 0.2) is 0 Å². The average Bonchev–Trinajstić information content (AvgIpc) is 1.85. The third-order valence-electron chi connectivity index (χ3n) is 1.17. The molecule has 1 atom stereocenters. The first-order chi connectivity index (χ1) is 3.70. The molecular formula is C4H10BrN3. The summed E-state index contributed by atoms with van der Waals surface area (Å²) in [6.07, 6.45) is 0. The van der Waals surface area contributed by atoms with Crippen LogP contribution in [0.2, 0.25) is 0 Å². The maximum Gasteiger partial charge on any atom is 0.0944 e. The van der Waals surface area contributed by atoms with Crippen molar-refractivity contribution in [2.45, 2.75) is 4.95 Å². The van der Waals surface area contributed by atoms with Gasteiger partial charge >= 0.3 is 0 Å². The largest absolute Gasteiger partial charge is 0.231 e. The van der Waals surface area contributed by atoms with Gasteiger partial charge in [0.1, 0.15) is 0 Å². The Labute approximate surface area is 57.7 Å². The summed E-state index contributed by atoms with van der Waals surface area (Å²) < 4.78 is 0. The van der Waals surface area contributed by atoms with Crippen molar-refractivity contribution < 1.29 is 0 Å². The van der Waals surface area contributed by atoms with Crippen LogP contribution in [0.3, 0.4) is 0 Å². The number of hydrazine groups is 2. The summed E-state index contributed by atoms with van der Waals surface area (Å²) in [4.78, 5) is 0.451. The molecule has 0 aliphatic carbocycles. The number of nitrogens with zero attached hydrogens (tertiary/aromatic N) is 2. The molecule has 1 rings (SSSR count). The topological polar surface area (TPSA) is 18.5 Å². The van der Waals surface area contributed by atoms with Gasteiger partial charge in [0.15, 0.2) is 0 Å². The lowest BCUT2D eigenvalue weighted by Crippen LogP contribution is -2.35. The minimum absolute atomic E-state index is 0.451. The summed E-state index contributed by atoms with van der Waals surface area (Å²) in [5, 5.41) is 4.04. The molecule has 0 aromatic heterocycles. The Morgan fingerprint density at radius 3 is 2.38 bits per heavy atom. The zero-order chi connectivity index (χ0) is 6.15. The van der Waals surface area contributed by atoms with E-state index >= 15 is 0 Å². The predicted octanol–water partition coefficient (Wildman–Crippen LogP) is 0.00420. The first-order valence-corrected chi connectivity index (χ1v) is 3.46. The normalized spacial score (nSPS) is 34.1. The van der Waals surface area contributed by atoms with Crippen molar-refractivity contribution in [3.63, 3.8) is 0 Å². The fourth-order valence-corrected chi connectivity index (χ4v) is 1.25. The molecule has 0 bridgehead atoms. The molecule has 1 fully saturated rings. The minimum Gasteiger partial charge on any atom is -0.231 e. The van der Waals surface area contributed by atoms with Crippen LogP contribution in [0.25, 0.3) is 0 Å². The van der Waals surface area contributed by atoms with E-state index in [1.54, 1.807) is 0 Å². The van der Waals surface area contributed by atoms with E-state index in [9.17, 15) is 0 Å². The molecule has 1 saturated heterocycles. The number of likely N-dealkylation sites (N-methyl/N-ethyl adjacent to an activating group) is 2. The first-order valence-electron chi connectivity index (χ1n) is 2.54. The molecule has 1 aliphatic rings. The van der Waals surface area contributed by atoms with Crippen LogP contribution in [0, 0.1) is 0 Å². The monoisotopic (exact) mass is 179 g/mol. The smallest absolute Gasteiger partial charge is 0.0944 e. The summed E-state index contributed by atoms with van der Waals surface area (Å²) in [5.74, 6) is 0. The predicted molar refractivity (Wildman–Crippen MR) is 36.2 cm³/mol. The molecule has 4 heteroatoms. The van der Waals surface area contributed by atoms with Gasteiger partial charge in [-0.2, -0.15) is 5.53 Å². The van der Waals surface area contributed by atoms with E-state index in [0.717, 1.165) is 6.54 Å². The molecule has 0 amide bonds. The highest BCUT2D eigenvalue weighted by molar-refractivity contribution is 9.09. The van der Waals surface area contributed by atoms with Gasteiger partial charge in [0.2, 0.25) is 0 Å². The Kier molecular flexibility index (Phi) is 1.87. The van der Waals surface area contributed by atoms with Gasteiger partial charge in [0.05, 0.1) is 4.95 Å². The van der Waals surface area contributed by atoms with Gasteiger partial charge in [-0.25, -0.2) is 10.0 Å². The molecule has 1 unspecified atom stereocenters. The van der Waals surface area contributed by atoms with E-state index in [1.165, 1.54) is 0 Å². The number of nitrogens with one attached hydrogen (secondary N) is 1. The number of halogens is 1. The van der Waals surface area contributed by atoms with Crippen molar-refractivity contribution in [3.05, 3.63) is 0 Å². The molecule has 0 aromatic rings. The number of alkyl halides is 1. The summed E-state index contributed by atoms with van der Waals surface area (Å²) in [7, 11) is 4.01. The molecule has 1 aliphatic heterocycles. The summed E-state index contributed by atoms with van der Waals surface area (Å²) in [6.45, 7) is 1.02. The van der Waals surface area contributed by atoms with Gasteiger partial charge in [0.25, 0.3) is 0 Å². The number of hydrogen-bond donors (Lipinski definition) is 1. The highest BCUT2D eigenvalue weighted by Gasteiger charge is 2.20. The Hall–Kier alpha value is 0.360. The molecule has 0 saturated carbocycles. The Bertz CT molecular complexity index is 77.4. The fourth-order valence-electron chi connectivity index (χ4n) is 0.721. The molecule has 48 valence electrons. The van der Waals surface area contributed by atoms with E-state index < -0.39 is 0 Å². The summed E-state index contributed by atoms with van der Waals surface area (Å²) >= 11 is 3.47. The van der Waals surface area contributed by atoms with Crippen molar-refractivity contribution in [2.24, 2.45) is 0 Å². The van der Waals surface area contributed by atoms with E-state index in [1.807, 2.05) is 24.1 Å². The van der Waals surface area contributed by atoms with Crippen LogP contribution >= 0.6 is 15.9 Å². The van der Waals surface area contributed by atoms with Gasteiger partial charge in [-0.05, 0) is 0 Å². The Morgan fingerprint density at radius 1 is 1.62 bits per heavy atom. The lowest BCUT2D eigenvalue weighted by Gasteiger charge is -2.11. The number of rotatable bonds is 0. The molecule has 8 heavy (non-hydrogen) atoms. The Balaban J connectivity index is 2.39. The molecule has 1 N–H and O–H groups in total. The quantitative estimate of drug-likeness (QED) is 0.418. The third-order valence-corrected chi connectivity index (χ3v) is 2.08. The van der Waals surface area contributed by atoms with Crippen LogP contribution in [0.5, 0.6) is 0 Å². The number of hydrogen-bond acceptors (Lipinski definition) is 3. The van der Waals surface area contributed by atoms with Crippen molar-refractivity contribution in [1.29, 1.82) is 0 Å². The van der Waals surface area contributed by atoms with Crippen LogP contribution < -0.4 is 5.53 Å². The first kappa shape index (κ1) is 6.48. The lowest BCUT2D eigenvalue weighted by molar-refractivity contribution is 0.170. The van der Waals surface area contributed by atoms with Crippen LogP contribution in [0.1, 0.15) is 0 Å². The lowest BCUT2D eigenvalue weighted by atomic mass is 10.6. The molecule has 3 nitrogen and oxygen atoms in total. The van der Waals surface area contributed by atoms with Crippen LogP contribution in [0.4, 0.5) is 0 Å². The fraction of sp³-hybridized carbons (Fsp3) is 1.00. The van der Waals surface area contributed by atoms with E-state index in [4.69, 9.17) is 0 Å². The molecule has 0 aromatic carbocycles. The van der Waals surface area contributed by atoms with Crippen molar-refractivity contribution >= 4 is 15.9 Å². The second-order valence-corrected chi connectivity index (χ2v) is 3.08. The van der Waals surface area contributed by atoms with Crippen LogP contribution in [-0.2, 0) is 0 Å². The zero-order valence-corrected chi connectivity index (χ0v) is 6.64. The maximum atomic E-state index is 3.47. The van der Waals surface area contributed by atoms with E-state index in [2.05, 4.69) is 21.5 Å². The second-order valence-electron chi connectivity index (χ2n) is 2.03. The van der Waals surface area contributed by atoms with Crippen molar-refractivity contribution in [2.75, 3.05) is 20.6 Å². The standard InChI is InChI=1S/C4H10BrN3/c1-7-3-4(5)8(2)6-7/h4,6H,3H2,1-2H3. The van der Waals surface area contributed by atoms with Gasteiger partial charge in [-0.15, -0.1) is 0 Å². The molecule has 0 spiro atoms. The van der Waals surface area contributed by atoms with Crippen LogP contribution in [-0.4, -0.2) is 35.6 Å². The summed E-state index contributed by atoms with van der Waals surface area (Å²) in [6, 6.07) is 0. The average molecular weight is 180 g/mol. The zero-order valence-electron chi connectivity index (χ0n) is 5.06. The molecule has 0 radical (unpaired) electrons. The SMILES string of the molecule is CN1CC(Br)N(C)N1. The highest BCUT2D eigenvalue weighted by atomic mass is 79.9. The highest BCUT2D eigenvalue weighted by Crippen LogP contribution is 2.08. The van der Waals surface area contributed by atoms with Gasteiger partial charge < -0.3 is 0 Å². The van der Waals surface area contributed by atoms with Crippen molar-refractivity contribution in [3.8, 4) is 0 Å². The maximum absolute atomic E-state index is 3.47. The van der Waals surface area contributed by atoms with E-state index in [-0.39, 0.29) is 0 Å². The molecular weight excluding hydrogens is 170 g/mol. The third kappa shape index (κ3) is 1.20. The minimum atomic E-state index is 0.451. The molecule has 1 heterocycles. The van der Waals surface area contributed by atoms with Gasteiger partial charge in [-0.3, -0.25) is 0 Å².